The molecule has 4 rings (SSSR count). The van der Waals surface area contributed by atoms with Crippen molar-refractivity contribution in [1.82, 2.24) is 4.90 Å². The van der Waals surface area contributed by atoms with Crippen LogP contribution < -0.4 is 19.3 Å². The van der Waals surface area contributed by atoms with Crippen LogP contribution in [0.4, 0.5) is 11.4 Å². The quantitative estimate of drug-likeness (QED) is 0.740. The SMILES string of the molecule is COc1ccccc1N1CCN(C(=O)CCN2C(=O)C(C)(C)Oc3ccccc32)CC1. The Hall–Kier alpha value is -3.22. The Morgan fingerprint density at radius 2 is 1.65 bits per heavy atom. The van der Waals surface area contributed by atoms with E-state index in [0.717, 1.165) is 30.2 Å². The summed E-state index contributed by atoms with van der Waals surface area (Å²) in [5, 5.41) is 0. The van der Waals surface area contributed by atoms with Gasteiger partial charge in [0.05, 0.1) is 18.5 Å². The molecule has 164 valence electrons. The molecular weight excluding hydrogens is 394 g/mol. The molecule has 0 aromatic heterocycles. The van der Waals surface area contributed by atoms with Crippen LogP contribution in [0.2, 0.25) is 0 Å². The smallest absolute Gasteiger partial charge is 0.270 e. The van der Waals surface area contributed by atoms with Crippen LogP contribution in [-0.4, -0.2) is 62.1 Å². The Morgan fingerprint density at radius 3 is 2.35 bits per heavy atom. The van der Waals surface area contributed by atoms with Gasteiger partial charge in [-0.15, -0.1) is 0 Å². The third kappa shape index (κ3) is 4.17. The van der Waals surface area contributed by atoms with Gasteiger partial charge in [-0.2, -0.15) is 0 Å². The summed E-state index contributed by atoms with van der Waals surface area (Å²) in [5.74, 6) is 1.45. The molecule has 0 atom stereocenters. The number of hydrogen-bond acceptors (Lipinski definition) is 5. The summed E-state index contributed by atoms with van der Waals surface area (Å²) in [5.41, 5.74) is 0.827. The molecule has 2 heterocycles. The highest BCUT2D eigenvalue weighted by molar-refractivity contribution is 6.02. The van der Waals surface area contributed by atoms with Crippen LogP contribution in [0.3, 0.4) is 0 Å². The first-order valence-electron chi connectivity index (χ1n) is 10.7. The number of methoxy groups -OCH3 is 1. The number of anilines is 2. The van der Waals surface area contributed by atoms with Crippen molar-refractivity contribution in [3.63, 3.8) is 0 Å². The number of hydrogen-bond donors (Lipinski definition) is 0. The fourth-order valence-electron chi connectivity index (χ4n) is 4.19. The first-order chi connectivity index (χ1) is 14.9. The molecule has 0 N–H and O–H groups in total. The number of para-hydroxylation sites is 4. The highest BCUT2D eigenvalue weighted by Crippen LogP contribution is 2.37. The fourth-order valence-corrected chi connectivity index (χ4v) is 4.19. The van der Waals surface area contributed by atoms with E-state index in [1.165, 1.54) is 0 Å². The van der Waals surface area contributed by atoms with Gasteiger partial charge in [-0.25, -0.2) is 0 Å². The number of piperazine rings is 1. The van der Waals surface area contributed by atoms with E-state index in [2.05, 4.69) is 4.90 Å². The van der Waals surface area contributed by atoms with Gasteiger partial charge in [-0.1, -0.05) is 24.3 Å². The molecule has 0 saturated carbocycles. The molecule has 2 aromatic carbocycles. The molecule has 0 aliphatic carbocycles. The second kappa shape index (κ2) is 8.49. The van der Waals surface area contributed by atoms with E-state index < -0.39 is 5.60 Å². The number of amides is 2. The molecular formula is C24H29N3O4. The summed E-state index contributed by atoms with van der Waals surface area (Å²) < 4.78 is 11.3. The molecule has 31 heavy (non-hydrogen) atoms. The van der Waals surface area contributed by atoms with Gasteiger partial charge in [0, 0.05) is 39.1 Å². The number of rotatable bonds is 5. The lowest BCUT2D eigenvalue weighted by atomic mass is 10.0. The van der Waals surface area contributed by atoms with Gasteiger partial charge in [-0.3, -0.25) is 9.59 Å². The summed E-state index contributed by atoms with van der Waals surface area (Å²) in [7, 11) is 1.67. The predicted molar refractivity (Wildman–Crippen MR) is 120 cm³/mol. The molecule has 2 aliphatic rings. The van der Waals surface area contributed by atoms with Crippen LogP contribution in [-0.2, 0) is 9.59 Å². The van der Waals surface area contributed by atoms with E-state index in [4.69, 9.17) is 9.47 Å². The summed E-state index contributed by atoms with van der Waals surface area (Å²) in [6, 6.07) is 15.4. The third-order valence-electron chi connectivity index (χ3n) is 5.89. The Labute approximate surface area is 183 Å². The Kier molecular flexibility index (Phi) is 5.76. The van der Waals surface area contributed by atoms with Gasteiger partial charge >= 0.3 is 0 Å². The van der Waals surface area contributed by atoms with Gasteiger partial charge in [0.25, 0.3) is 5.91 Å². The zero-order chi connectivity index (χ0) is 22.0. The number of carbonyl (C=O) groups excluding carboxylic acids is 2. The summed E-state index contributed by atoms with van der Waals surface area (Å²) in [6.07, 6.45) is 0.283. The van der Waals surface area contributed by atoms with E-state index in [9.17, 15) is 9.59 Å². The predicted octanol–water partition coefficient (Wildman–Crippen LogP) is 2.94. The number of benzene rings is 2. The average molecular weight is 424 g/mol. The van der Waals surface area contributed by atoms with Crippen molar-refractivity contribution in [3.05, 3.63) is 48.5 Å². The maximum Gasteiger partial charge on any atom is 0.270 e. The highest BCUT2D eigenvalue weighted by atomic mass is 16.5. The van der Waals surface area contributed by atoms with Crippen LogP contribution >= 0.6 is 0 Å². The minimum Gasteiger partial charge on any atom is -0.495 e. The summed E-state index contributed by atoms with van der Waals surface area (Å²) >= 11 is 0. The van der Waals surface area contributed by atoms with Crippen molar-refractivity contribution in [1.29, 1.82) is 0 Å². The van der Waals surface area contributed by atoms with Crippen molar-refractivity contribution >= 4 is 23.2 Å². The van der Waals surface area contributed by atoms with Crippen molar-refractivity contribution < 1.29 is 19.1 Å². The zero-order valence-corrected chi connectivity index (χ0v) is 18.3. The minimum absolute atomic E-state index is 0.0641. The maximum atomic E-state index is 12.9. The van der Waals surface area contributed by atoms with Crippen molar-refractivity contribution in [2.75, 3.05) is 49.6 Å². The zero-order valence-electron chi connectivity index (χ0n) is 18.3. The van der Waals surface area contributed by atoms with Crippen LogP contribution in [0, 0.1) is 0 Å². The largest absolute Gasteiger partial charge is 0.495 e. The van der Waals surface area contributed by atoms with Crippen molar-refractivity contribution in [2.24, 2.45) is 0 Å². The van der Waals surface area contributed by atoms with Crippen LogP contribution in [0.15, 0.2) is 48.5 Å². The number of carbonyl (C=O) groups is 2. The standard InChI is InChI=1S/C24H29N3O4/c1-24(2)23(29)27(19-9-5-7-11-21(19)31-24)13-12-22(28)26-16-14-25(15-17-26)18-8-4-6-10-20(18)30-3/h4-11H,12-17H2,1-3H3. The molecule has 7 heteroatoms. The van der Waals surface area contributed by atoms with Crippen LogP contribution in [0.25, 0.3) is 0 Å². The first kappa shape index (κ1) is 21.0. The minimum atomic E-state index is -0.947. The molecule has 1 saturated heterocycles. The lowest BCUT2D eigenvalue weighted by Crippen LogP contribution is -2.54. The molecule has 1 fully saturated rings. The van der Waals surface area contributed by atoms with Crippen molar-refractivity contribution in [3.8, 4) is 11.5 Å². The third-order valence-corrected chi connectivity index (χ3v) is 5.89. The lowest BCUT2D eigenvalue weighted by molar-refractivity contribution is -0.133. The fraction of sp³-hybridized carbons (Fsp3) is 0.417. The second-order valence-electron chi connectivity index (χ2n) is 8.33. The van der Waals surface area contributed by atoms with Crippen LogP contribution in [0.1, 0.15) is 20.3 Å². The number of ether oxygens (including phenoxy) is 2. The molecule has 2 aliphatic heterocycles. The Morgan fingerprint density at radius 1 is 1.00 bits per heavy atom. The average Bonchev–Trinajstić information content (AvgIpc) is 2.79. The van der Waals surface area contributed by atoms with E-state index in [0.29, 0.717) is 25.4 Å². The monoisotopic (exact) mass is 423 g/mol. The molecule has 0 radical (unpaired) electrons. The van der Waals surface area contributed by atoms with Gasteiger partial charge in [0.1, 0.15) is 11.5 Å². The lowest BCUT2D eigenvalue weighted by Gasteiger charge is -2.39. The maximum absolute atomic E-state index is 12.9. The van der Waals surface area contributed by atoms with Gasteiger partial charge in [0.2, 0.25) is 5.91 Å². The van der Waals surface area contributed by atoms with Crippen molar-refractivity contribution in [2.45, 2.75) is 25.9 Å². The van der Waals surface area contributed by atoms with E-state index in [1.807, 2.05) is 53.4 Å². The van der Waals surface area contributed by atoms with Gasteiger partial charge < -0.3 is 24.2 Å². The van der Waals surface area contributed by atoms with E-state index >= 15 is 0 Å². The number of fused-ring (bicyclic) bond motifs is 1. The molecule has 0 unspecified atom stereocenters. The Bertz CT molecular complexity index is 967. The first-order valence-corrected chi connectivity index (χ1v) is 10.7. The molecule has 0 spiro atoms. The normalized spacial score (nSPS) is 17.8. The molecule has 2 amide bonds. The van der Waals surface area contributed by atoms with Crippen LogP contribution in [0.5, 0.6) is 11.5 Å². The van der Waals surface area contributed by atoms with Gasteiger partial charge in [-0.05, 0) is 38.1 Å². The number of nitrogens with zero attached hydrogens (tertiary/aromatic N) is 3. The molecule has 2 aromatic rings. The van der Waals surface area contributed by atoms with E-state index in [-0.39, 0.29) is 18.2 Å². The second-order valence-corrected chi connectivity index (χ2v) is 8.33. The summed E-state index contributed by atoms with van der Waals surface area (Å²) in [4.78, 5) is 31.6. The molecule has 0 bridgehead atoms. The highest BCUT2D eigenvalue weighted by Gasteiger charge is 2.40. The molecule has 7 nitrogen and oxygen atoms in total. The summed E-state index contributed by atoms with van der Waals surface area (Å²) in [6.45, 7) is 6.66. The topological polar surface area (TPSA) is 62.3 Å². The van der Waals surface area contributed by atoms with E-state index in [1.54, 1.807) is 25.9 Å². The Balaban J connectivity index is 1.37. The van der Waals surface area contributed by atoms with Gasteiger partial charge in [0.15, 0.2) is 5.60 Å².